The molecule has 1 heterocycles. The molecule has 1 saturated carbocycles. The highest BCUT2D eigenvalue weighted by Crippen LogP contribution is 2.21. The van der Waals surface area contributed by atoms with Gasteiger partial charge in [-0.15, -0.1) is 0 Å². The predicted octanol–water partition coefficient (Wildman–Crippen LogP) is 2.17. The Morgan fingerprint density at radius 3 is 2.71 bits per heavy atom. The summed E-state index contributed by atoms with van der Waals surface area (Å²) < 4.78 is 4.99. The van der Waals surface area contributed by atoms with E-state index >= 15 is 0 Å². The van der Waals surface area contributed by atoms with Gasteiger partial charge in [-0.1, -0.05) is 19.3 Å². The molecule has 0 aliphatic heterocycles. The van der Waals surface area contributed by atoms with Crippen LogP contribution in [0.2, 0.25) is 0 Å². The Morgan fingerprint density at radius 1 is 1.21 bits per heavy atom. The molecule has 1 aromatic rings. The van der Waals surface area contributed by atoms with E-state index < -0.39 is 0 Å². The Hall–Kier alpha value is -1.82. The minimum Gasteiger partial charge on any atom is -0.459 e. The Balaban J connectivity index is 1.49. The number of amides is 2. The zero-order valence-electron chi connectivity index (χ0n) is 14.6. The molecule has 0 radical (unpaired) electrons. The van der Waals surface area contributed by atoms with E-state index in [0.29, 0.717) is 19.1 Å². The molecule has 0 unspecified atom stereocenters. The third kappa shape index (κ3) is 6.35. The molecule has 134 valence electrons. The summed E-state index contributed by atoms with van der Waals surface area (Å²) in [6.45, 7) is 2.01. The van der Waals surface area contributed by atoms with Crippen LogP contribution in [0.1, 0.15) is 55.5 Å². The van der Waals surface area contributed by atoms with Crippen molar-refractivity contribution in [3.63, 3.8) is 0 Å². The minimum absolute atomic E-state index is 0.0323. The van der Waals surface area contributed by atoms with Crippen molar-refractivity contribution in [1.29, 1.82) is 0 Å². The van der Waals surface area contributed by atoms with Crippen molar-refractivity contribution in [2.24, 2.45) is 0 Å². The Bertz CT molecular complexity index is 496. The lowest BCUT2D eigenvalue weighted by Crippen LogP contribution is -2.36. The molecule has 24 heavy (non-hydrogen) atoms. The SMILES string of the molecule is CN(CCCNC(=O)CCNC(=O)c1ccco1)C1CCCCC1. The fourth-order valence-electron chi connectivity index (χ4n) is 3.13. The van der Waals surface area contributed by atoms with Crippen LogP contribution in [-0.2, 0) is 4.79 Å². The predicted molar refractivity (Wildman–Crippen MR) is 92.8 cm³/mol. The number of carbonyl (C=O) groups is 2. The van der Waals surface area contributed by atoms with Crippen LogP contribution >= 0.6 is 0 Å². The maximum atomic E-state index is 11.8. The number of hydrogen-bond donors (Lipinski definition) is 2. The zero-order chi connectivity index (χ0) is 17.2. The average Bonchev–Trinajstić information content (AvgIpc) is 3.14. The van der Waals surface area contributed by atoms with E-state index in [0.717, 1.165) is 13.0 Å². The third-order valence-electron chi connectivity index (χ3n) is 4.59. The van der Waals surface area contributed by atoms with Crippen molar-refractivity contribution < 1.29 is 14.0 Å². The monoisotopic (exact) mass is 335 g/mol. The van der Waals surface area contributed by atoms with Crippen molar-refractivity contribution in [2.45, 2.75) is 51.0 Å². The minimum atomic E-state index is -0.290. The summed E-state index contributed by atoms with van der Waals surface area (Å²) in [6.07, 6.45) is 9.35. The highest BCUT2D eigenvalue weighted by atomic mass is 16.3. The first-order valence-corrected chi connectivity index (χ1v) is 8.95. The number of furan rings is 1. The molecule has 1 aliphatic carbocycles. The lowest BCUT2D eigenvalue weighted by atomic mass is 9.94. The second-order valence-corrected chi connectivity index (χ2v) is 6.46. The van der Waals surface area contributed by atoms with Crippen LogP contribution in [-0.4, -0.2) is 49.4 Å². The smallest absolute Gasteiger partial charge is 0.286 e. The molecule has 6 nitrogen and oxygen atoms in total. The van der Waals surface area contributed by atoms with Gasteiger partial charge in [0.05, 0.1) is 6.26 Å². The first kappa shape index (κ1) is 18.5. The highest BCUT2D eigenvalue weighted by Gasteiger charge is 2.17. The summed E-state index contributed by atoms with van der Waals surface area (Å²) in [6, 6.07) is 3.97. The van der Waals surface area contributed by atoms with Gasteiger partial charge < -0.3 is 20.0 Å². The van der Waals surface area contributed by atoms with Gasteiger partial charge >= 0.3 is 0 Å². The van der Waals surface area contributed by atoms with E-state index in [1.54, 1.807) is 12.1 Å². The number of carbonyl (C=O) groups excluding carboxylic acids is 2. The summed E-state index contributed by atoms with van der Waals surface area (Å²) >= 11 is 0. The molecule has 2 rings (SSSR count). The van der Waals surface area contributed by atoms with Crippen LogP contribution in [0.25, 0.3) is 0 Å². The van der Waals surface area contributed by atoms with Crippen molar-refractivity contribution >= 4 is 11.8 Å². The molecule has 1 fully saturated rings. The lowest BCUT2D eigenvalue weighted by Gasteiger charge is -2.31. The molecule has 1 aromatic heterocycles. The Morgan fingerprint density at radius 2 is 2.00 bits per heavy atom. The topological polar surface area (TPSA) is 74.6 Å². The average molecular weight is 335 g/mol. The first-order chi connectivity index (χ1) is 11.7. The van der Waals surface area contributed by atoms with Crippen molar-refractivity contribution in [3.05, 3.63) is 24.2 Å². The molecular formula is C18H29N3O3. The second kappa shape index (κ2) is 10.1. The Labute approximate surface area is 144 Å². The molecule has 0 bridgehead atoms. The van der Waals surface area contributed by atoms with Gasteiger partial charge in [-0.2, -0.15) is 0 Å². The van der Waals surface area contributed by atoms with Gasteiger partial charge in [0.2, 0.25) is 5.91 Å². The molecule has 6 heteroatoms. The molecule has 2 N–H and O–H groups in total. The van der Waals surface area contributed by atoms with Gasteiger partial charge in [-0.3, -0.25) is 9.59 Å². The quantitative estimate of drug-likeness (QED) is 0.678. The van der Waals surface area contributed by atoms with Crippen LogP contribution in [0, 0.1) is 0 Å². The molecule has 0 saturated heterocycles. The van der Waals surface area contributed by atoms with Crippen LogP contribution in [0.15, 0.2) is 22.8 Å². The summed E-state index contributed by atoms with van der Waals surface area (Å²) in [5.41, 5.74) is 0. The molecule has 0 atom stereocenters. The number of nitrogens with zero attached hydrogens (tertiary/aromatic N) is 1. The van der Waals surface area contributed by atoms with Gasteiger partial charge in [-0.05, 0) is 45.0 Å². The van der Waals surface area contributed by atoms with E-state index in [2.05, 4.69) is 22.6 Å². The van der Waals surface area contributed by atoms with E-state index in [1.165, 1.54) is 38.4 Å². The van der Waals surface area contributed by atoms with Crippen LogP contribution in [0.4, 0.5) is 0 Å². The van der Waals surface area contributed by atoms with E-state index in [1.807, 2.05) is 0 Å². The zero-order valence-corrected chi connectivity index (χ0v) is 14.6. The van der Waals surface area contributed by atoms with E-state index in [4.69, 9.17) is 4.42 Å². The van der Waals surface area contributed by atoms with Crippen LogP contribution < -0.4 is 10.6 Å². The van der Waals surface area contributed by atoms with Gasteiger partial charge in [-0.25, -0.2) is 0 Å². The molecule has 1 aliphatic rings. The maximum absolute atomic E-state index is 11.8. The van der Waals surface area contributed by atoms with Gasteiger partial charge in [0.25, 0.3) is 5.91 Å². The lowest BCUT2D eigenvalue weighted by molar-refractivity contribution is -0.120. The second-order valence-electron chi connectivity index (χ2n) is 6.46. The van der Waals surface area contributed by atoms with Gasteiger partial charge in [0, 0.05) is 25.6 Å². The third-order valence-corrected chi connectivity index (χ3v) is 4.59. The number of nitrogens with one attached hydrogen (secondary N) is 2. The summed E-state index contributed by atoms with van der Waals surface area (Å²) in [5.74, 6) is -0.0573. The summed E-state index contributed by atoms with van der Waals surface area (Å²) in [4.78, 5) is 25.8. The normalized spacial score (nSPS) is 15.4. The summed E-state index contributed by atoms with van der Waals surface area (Å²) in [7, 11) is 2.18. The van der Waals surface area contributed by atoms with Crippen LogP contribution in [0.3, 0.4) is 0 Å². The number of hydrogen-bond acceptors (Lipinski definition) is 4. The van der Waals surface area contributed by atoms with Crippen molar-refractivity contribution in [2.75, 3.05) is 26.7 Å². The first-order valence-electron chi connectivity index (χ1n) is 8.95. The van der Waals surface area contributed by atoms with E-state index in [9.17, 15) is 9.59 Å². The molecule has 0 aromatic carbocycles. The Kier molecular flexibility index (Phi) is 7.82. The van der Waals surface area contributed by atoms with Gasteiger partial charge in [0.1, 0.15) is 0 Å². The molecule has 0 spiro atoms. The molecule has 2 amide bonds. The standard InChI is InChI=1S/C18H29N3O3/c1-21(15-7-3-2-4-8-15)13-6-11-19-17(22)10-12-20-18(23)16-9-5-14-24-16/h5,9,14-15H,2-4,6-8,10-13H2,1H3,(H,19,22)(H,20,23). The summed E-state index contributed by atoms with van der Waals surface area (Å²) in [5, 5.41) is 5.57. The maximum Gasteiger partial charge on any atom is 0.286 e. The fraction of sp³-hybridized carbons (Fsp3) is 0.667. The van der Waals surface area contributed by atoms with E-state index in [-0.39, 0.29) is 24.0 Å². The van der Waals surface area contributed by atoms with Crippen LogP contribution in [0.5, 0.6) is 0 Å². The van der Waals surface area contributed by atoms with Crippen molar-refractivity contribution in [1.82, 2.24) is 15.5 Å². The fourth-order valence-corrected chi connectivity index (χ4v) is 3.13. The number of rotatable bonds is 9. The highest BCUT2D eigenvalue weighted by molar-refractivity contribution is 5.91. The largest absolute Gasteiger partial charge is 0.459 e. The molecular weight excluding hydrogens is 306 g/mol. The van der Waals surface area contributed by atoms with Crippen molar-refractivity contribution in [3.8, 4) is 0 Å². The van der Waals surface area contributed by atoms with Gasteiger partial charge in [0.15, 0.2) is 5.76 Å².